The summed E-state index contributed by atoms with van der Waals surface area (Å²) in [5, 5.41) is 3.64. The minimum atomic E-state index is -0.381. The Morgan fingerprint density at radius 1 is 1.24 bits per heavy atom. The molecular weight excluding hydrogens is 293 g/mol. The average molecular weight is 310 g/mol. The molecule has 2 rings (SSSR count). The van der Waals surface area contributed by atoms with E-state index in [2.05, 4.69) is 5.32 Å². The number of hydrogen-bond acceptors (Lipinski definition) is 3. The number of methoxy groups -OCH3 is 1. The Hall–Kier alpha value is -1.78. The minimum absolute atomic E-state index is 0.218. The highest BCUT2D eigenvalue weighted by Gasteiger charge is 2.17. The van der Waals surface area contributed by atoms with Crippen molar-refractivity contribution < 1.29 is 13.9 Å². The summed E-state index contributed by atoms with van der Waals surface area (Å²) in [6.07, 6.45) is 0. The molecule has 0 heterocycles. The molecule has 5 heteroatoms. The molecule has 1 atom stereocenters. The fourth-order valence-electron chi connectivity index (χ4n) is 2.02. The summed E-state index contributed by atoms with van der Waals surface area (Å²) in [4.78, 5) is 0. The Bertz CT molecular complexity index is 607. The SMILES string of the molecule is CNC(COc1cccc(Cl)c1)c1cccc(OC)c1F. The molecule has 0 aromatic heterocycles. The highest BCUT2D eigenvalue weighted by Crippen LogP contribution is 2.26. The van der Waals surface area contributed by atoms with Gasteiger partial charge in [-0.1, -0.05) is 29.8 Å². The summed E-state index contributed by atoms with van der Waals surface area (Å²) in [5.74, 6) is 0.482. The number of rotatable bonds is 6. The molecule has 3 nitrogen and oxygen atoms in total. The van der Waals surface area contributed by atoms with E-state index in [0.29, 0.717) is 16.3 Å². The van der Waals surface area contributed by atoms with Crippen molar-refractivity contribution in [2.45, 2.75) is 6.04 Å². The van der Waals surface area contributed by atoms with E-state index < -0.39 is 0 Å². The van der Waals surface area contributed by atoms with Crippen LogP contribution in [0.2, 0.25) is 5.02 Å². The van der Waals surface area contributed by atoms with Crippen molar-refractivity contribution in [3.63, 3.8) is 0 Å². The highest BCUT2D eigenvalue weighted by molar-refractivity contribution is 6.30. The third-order valence-corrected chi connectivity index (χ3v) is 3.38. The lowest BCUT2D eigenvalue weighted by atomic mass is 10.1. The zero-order chi connectivity index (χ0) is 15.2. The molecule has 0 saturated heterocycles. The van der Waals surface area contributed by atoms with Gasteiger partial charge < -0.3 is 14.8 Å². The van der Waals surface area contributed by atoms with Gasteiger partial charge in [0.05, 0.1) is 13.2 Å². The van der Waals surface area contributed by atoms with Crippen LogP contribution in [0.15, 0.2) is 42.5 Å². The Labute approximate surface area is 128 Å². The van der Waals surface area contributed by atoms with Crippen LogP contribution in [0.25, 0.3) is 0 Å². The molecule has 1 unspecified atom stereocenters. The second kappa shape index (κ2) is 7.29. The summed E-state index contributed by atoms with van der Waals surface area (Å²) >= 11 is 5.90. The summed E-state index contributed by atoms with van der Waals surface area (Å²) in [6.45, 7) is 0.279. The van der Waals surface area contributed by atoms with E-state index in [0.717, 1.165) is 0 Å². The van der Waals surface area contributed by atoms with E-state index in [1.165, 1.54) is 7.11 Å². The molecule has 0 bridgehead atoms. The van der Waals surface area contributed by atoms with Crippen molar-refractivity contribution in [1.29, 1.82) is 0 Å². The Balaban J connectivity index is 2.13. The molecular formula is C16H17ClFNO2. The number of ether oxygens (including phenoxy) is 2. The van der Waals surface area contributed by atoms with Crippen molar-refractivity contribution in [1.82, 2.24) is 5.32 Å². The fraction of sp³-hybridized carbons (Fsp3) is 0.250. The van der Waals surface area contributed by atoms with Gasteiger partial charge in [-0.3, -0.25) is 0 Å². The van der Waals surface area contributed by atoms with E-state index in [1.54, 1.807) is 49.5 Å². The number of halogens is 2. The summed E-state index contributed by atoms with van der Waals surface area (Å²) < 4.78 is 24.9. The lowest BCUT2D eigenvalue weighted by Gasteiger charge is -2.19. The van der Waals surface area contributed by atoms with Crippen LogP contribution in [0.5, 0.6) is 11.5 Å². The zero-order valence-electron chi connectivity index (χ0n) is 11.9. The van der Waals surface area contributed by atoms with Gasteiger partial charge >= 0.3 is 0 Å². The standard InChI is InChI=1S/C16H17ClFNO2/c1-19-14(10-21-12-6-3-5-11(17)9-12)13-7-4-8-15(20-2)16(13)18/h3-9,14,19H,10H2,1-2H3. The van der Waals surface area contributed by atoms with Crippen LogP contribution in [-0.4, -0.2) is 20.8 Å². The number of nitrogens with one attached hydrogen (secondary N) is 1. The fourth-order valence-corrected chi connectivity index (χ4v) is 2.20. The van der Waals surface area contributed by atoms with Crippen LogP contribution in [0.1, 0.15) is 11.6 Å². The molecule has 0 fully saturated rings. The molecule has 0 amide bonds. The first-order valence-electron chi connectivity index (χ1n) is 6.53. The van der Waals surface area contributed by atoms with Gasteiger partial charge in [-0.05, 0) is 31.3 Å². The average Bonchev–Trinajstić information content (AvgIpc) is 2.49. The number of benzene rings is 2. The van der Waals surface area contributed by atoms with Crippen molar-refractivity contribution in [3.05, 3.63) is 58.9 Å². The van der Waals surface area contributed by atoms with Crippen molar-refractivity contribution in [3.8, 4) is 11.5 Å². The molecule has 2 aromatic carbocycles. The largest absolute Gasteiger partial charge is 0.494 e. The maximum Gasteiger partial charge on any atom is 0.169 e. The Morgan fingerprint density at radius 3 is 2.67 bits per heavy atom. The highest BCUT2D eigenvalue weighted by atomic mass is 35.5. The number of hydrogen-bond donors (Lipinski definition) is 1. The zero-order valence-corrected chi connectivity index (χ0v) is 12.7. The molecule has 1 N–H and O–H groups in total. The lowest BCUT2D eigenvalue weighted by Crippen LogP contribution is -2.24. The van der Waals surface area contributed by atoms with Crippen LogP contribution < -0.4 is 14.8 Å². The van der Waals surface area contributed by atoms with Crippen LogP contribution in [0.4, 0.5) is 4.39 Å². The van der Waals surface area contributed by atoms with Gasteiger partial charge in [-0.25, -0.2) is 4.39 Å². The third-order valence-electron chi connectivity index (χ3n) is 3.15. The molecule has 0 aliphatic heterocycles. The summed E-state index contributed by atoms with van der Waals surface area (Å²) in [7, 11) is 3.20. The quantitative estimate of drug-likeness (QED) is 0.880. The maximum atomic E-state index is 14.3. The monoisotopic (exact) mass is 309 g/mol. The second-order valence-corrected chi connectivity index (χ2v) is 4.91. The Morgan fingerprint density at radius 2 is 2.00 bits per heavy atom. The molecule has 0 aliphatic rings. The van der Waals surface area contributed by atoms with Crippen LogP contribution >= 0.6 is 11.6 Å². The van der Waals surface area contributed by atoms with Gasteiger partial charge in [0.2, 0.25) is 0 Å². The molecule has 0 radical (unpaired) electrons. The predicted molar refractivity (Wildman–Crippen MR) is 81.7 cm³/mol. The van der Waals surface area contributed by atoms with Crippen molar-refractivity contribution >= 4 is 11.6 Å². The molecule has 0 aliphatic carbocycles. The third kappa shape index (κ3) is 3.86. The predicted octanol–water partition coefficient (Wildman–Crippen LogP) is 3.83. The topological polar surface area (TPSA) is 30.5 Å². The first kappa shape index (κ1) is 15.6. The molecule has 21 heavy (non-hydrogen) atoms. The first-order valence-corrected chi connectivity index (χ1v) is 6.91. The minimum Gasteiger partial charge on any atom is -0.494 e. The van der Waals surface area contributed by atoms with Gasteiger partial charge in [0.15, 0.2) is 11.6 Å². The molecule has 0 spiro atoms. The van der Waals surface area contributed by atoms with E-state index >= 15 is 0 Å². The maximum absolute atomic E-state index is 14.3. The van der Waals surface area contributed by atoms with Crippen LogP contribution in [0, 0.1) is 5.82 Å². The van der Waals surface area contributed by atoms with Crippen LogP contribution in [-0.2, 0) is 0 Å². The van der Waals surface area contributed by atoms with E-state index in [1.807, 2.05) is 0 Å². The van der Waals surface area contributed by atoms with E-state index in [9.17, 15) is 4.39 Å². The molecule has 0 saturated carbocycles. The molecule has 112 valence electrons. The summed E-state index contributed by atoms with van der Waals surface area (Å²) in [6, 6.07) is 11.9. The first-order chi connectivity index (χ1) is 10.2. The smallest absolute Gasteiger partial charge is 0.169 e. The lowest BCUT2D eigenvalue weighted by molar-refractivity contribution is 0.268. The molecule has 2 aromatic rings. The van der Waals surface area contributed by atoms with Gasteiger partial charge in [0, 0.05) is 10.6 Å². The number of likely N-dealkylation sites (N-methyl/N-ethyl adjacent to an activating group) is 1. The summed E-state index contributed by atoms with van der Waals surface area (Å²) in [5.41, 5.74) is 0.499. The van der Waals surface area contributed by atoms with Crippen molar-refractivity contribution in [2.24, 2.45) is 0 Å². The second-order valence-electron chi connectivity index (χ2n) is 4.47. The van der Waals surface area contributed by atoms with Gasteiger partial charge in [0.1, 0.15) is 12.4 Å². The Kier molecular flexibility index (Phi) is 5.42. The van der Waals surface area contributed by atoms with Gasteiger partial charge in [-0.15, -0.1) is 0 Å². The van der Waals surface area contributed by atoms with E-state index in [4.69, 9.17) is 21.1 Å². The van der Waals surface area contributed by atoms with Crippen molar-refractivity contribution in [2.75, 3.05) is 20.8 Å². The van der Waals surface area contributed by atoms with E-state index in [-0.39, 0.29) is 24.2 Å². The normalized spacial score (nSPS) is 12.0. The van der Waals surface area contributed by atoms with Gasteiger partial charge in [0.25, 0.3) is 0 Å². The van der Waals surface area contributed by atoms with Crippen LogP contribution in [0.3, 0.4) is 0 Å². The van der Waals surface area contributed by atoms with Gasteiger partial charge in [-0.2, -0.15) is 0 Å².